The number of hydrogen-bond acceptors (Lipinski definition) is 6. The van der Waals surface area contributed by atoms with E-state index in [0.717, 1.165) is 0 Å². The van der Waals surface area contributed by atoms with Crippen molar-refractivity contribution in [2.24, 2.45) is 0 Å². The van der Waals surface area contributed by atoms with Crippen molar-refractivity contribution in [1.29, 1.82) is 0 Å². The summed E-state index contributed by atoms with van der Waals surface area (Å²) >= 11 is 0. The predicted octanol–water partition coefficient (Wildman–Crippen LogP) is 5.77. The molecule has 0 bridgehead atoms. The van der Waals surface area contributed by atoms with Crippen molar-refractivity contribution in [3.63, 3.8) is 0 Å². The minimum atomic E-state index is -2.59. The number of rotatable bonds is 10. The Labute approximate surface area is 269 Å². The zero-order chi connectivity index (χ0) is 32.6. The second kappa shape index (κ2) is 14.7. The Morgan fingerprint density at radius 2 is 1.69 bits per heavy atom. The summed E-state index contributed by atoms with van der Waals surface area (Å²) in [5.41, 5.74) is -0.816. The van der Waals surface area contributed by atoms with E-state index in [4.69, 9.17) is 18.6 Å². The van der Waals surface area contributed by atoms with E-state index >= 15 is 0 Å². The number of benzene rings is 2. The first-order valence-corrected chi connectivity index (χ1v) is 17.5. The molecule has 238 valence electrons. The number of carbonyl (C=O) groups is 1. The molecule has 2 aromatic rings. The highest BCUT2D eigenvalue weighted by molar-refractivity contribution is 6.99. The molecule has 45 heavy (non-hydrogen) atoms. The average Bonchev–Trinajstić information content (AvgIpc) is 3.22. The van der Waals surface area contributed by atoms with Gasteiger partial charge in [-0.15, -0.1) is 0 Å². The molecule has 7 heteroatoms. The Balaban J connectivity index is 1.36. The Bertz CT molecular complexity index is 1420. The van der Waals surface area contributed by atoms with Gasteiger partial charge in [-0.3, -0.25) is 0 Å². The molecule has 1 N–H and O–H groups in total. The number of esters is 1. The van der Waals surface area contributed by atoms with Crippen molar-refractivity contribution in [2.45, 2.75) is 89.1 Å². The Morgan fingerprint density at radius 1 is 1.04 bits per heavy atom. The quantitative estimate of drug-likeness (QED) is 0.119. The minimum Gasteiger partial charge on any atom is -0.455 e. The number of cyclic esters (lactones) is 1. The second-order valence-corrected chi connectivity index (χ2v) is 17.4. The van der Waals surface area contributed by atoms with Gasteiger partial charge in [0.1, 0.15) is 17.8 Å². The second-order valence-electron chi connectivity index (χ2n) is 13.1. The van der Waals surface area contributed by atoms with E-state index < -0.39 is 31.9 Å². The smallest absolute Gasteiger partial charge is 0.331 e. The molecule has 1 fully saturated rings. The summed E-state index contributed by atoms with van der Waals surface area (Å²) in [5, 5.41) is 13.1. The van der Waals surface area contributed by atoms with Crippen molar-refractivity contribution < 1.29 is 28.5 Å². The third kappa shape index (κ3) is 8.81. The molecule has 2 aliphatic heterocycles. The standard InChI is InChI=1S/C38H46O6Si/c1-36(2,3)45(32-21-13-10-14-22-32,33-23-15-11-16-24-33)41-28-17-9-7-8-12-19-30(39)29-34-38(6,44-37(4,5)43-34)27-26-31-20-18-25-35(40)42-31/h7-11,13-18,21-27,30-31,34,39H,20,28-29H2,1-6H3/b8-7-,17-9+,27-26+/t30-,31+,34+,38+/m0/s1. The number of allylic oxidation sites excluding steroid dienone is 3. The third-order valence-corrected chi connectivity index (χ3v) is 13.0. The molecule has 2 aromatic carbocycles. The lowest BCUT2D eigenvalue weighted by Crippen LogP contribution is -2.66. The maximum atomic E-state index is 11.6. The number of carbonyl (C=O) groups excluding carboxylic acids is 1. The average molecular weight is 627 g/mol. The van der Waals surface area contributed by atoms with Crippen LogP contribution in [0, 0.1) is 11.8 Å². The summed E-state index contributed by atoms with van der Waals surface area (Å²) in [7, 11) is -2.59. The summed E-state index contributed by atoms with van der Waals surface area (Å²) in [4.78, 5) is 11.6. The van der Waals surface area contributed by atoms with Gasteiger partial charge in [0.2, 0.25) is 0 Å². The van der Waals surface area contributed by atoms with Crippen LogP contribution in [0.25, 0.3) is 0 Å². The van der Waals surface area contributed by atoms with Crippen molar-refractivity contribution in [3.05, 3.63) is 109 Å². The Kier molecular flexibility index (Phi) is 11.2. The van der Waals surface area contributed by atoms with Crippen LogP contribution in [0.15, 0.2) is 109 Å². The van der Waals surface area contributed by atoms with Crippen LogP contribution in [-0.4, -0.2) is 55.7 Å². The van der Waals surface area contributed by atoms with Crippen LogP contribution in [0.5, 0.6) is 0 Å². The molecule has 0 spiro atoms. The fraction of sp³-hybridized carbons (Fsp3) is 0.395. The lowest BCUT2D eigenvalue weighted by molar-refractivity contribution is -0.154. The highest BCUT2D eigenvalue weighted by Gasteiger charge is 2.50. The van der Waals surface area contributed by atoms with Gasteiger partial charge < -0.3 is 23.7 Å². The van der Waals surface area contributed by atoms with E-state index in [9.17, 15) is 9.90 Å². The maximum Gasteiger partial charge on any atom is 0.331 e. The molecule has 2 aliphatic rings. The monoisotopic (exact) mass is 626 g/mol. The third-order valence-electron chi connectivity index (χ3n) is 7.99. The number of ether oxygens (including phenoxy) is 3. The zero-order valence-electron chi connectivity index (χ0n) is 27.2. The zero-order valence-corrected chi connectivity index (χ0v) is 28.2. The van der Waals surface area contributed by atoms with E-state index in [0.29, 0.717) is 13.0 Å². The van der Waals surface area contributed by atoms with E-state index in [1.165, 1.54) is 16.4 Å². The summed E-state index contributed by atoms with van der Waals surface area (Å²) in [5.74, 6) is 4.63. The molecular formula is C38H46O6Si. The van der Waals surface area contributed by atoms with Crippen LogP contribution >= 0.6 is 0 Å². The van der Waals surface area contributed by atoms with Gasteiger partial charge in [-0.1, -0.05) is 124 Å². The molecule has 0 amide bonds. The summed E-state index contributed by atoms with van der Waals surface area (Å²) in [6, 6.07) is 21.1. The van der Waals surface area contributed by atoms with E-state index in [-0.39, 0.29) is 23.5 Å². The van der Waals surface area contributed by atoms with Crippen LogP contribution in [0.2, 0.25) is 5.04 Å². The largest absolute Gasteiger partial charge is 0.455 e. The van der Waals surface area contributed by atoms with Gasteiger partial charge in [-0.2, -0.15) is 0 Å². The number of aliphatic hydroxyl groups excluding tert-OH is 1. The number of aliphatic hydroxyl groups is 1. The predicted molar refractivity (Wildman–Crippen MR) is 181 cm³/mol. The highest BCUT2D eigenvalue weighted by atomic mass is 28.4. The SMILES string of the molecule is CC1(C)O[C@H](C[C@@H](O)C#C/C=C\C=C\CO[Si](c2ccccc2)(c2ccccc2)C(C)(C)C)[C@@](C)(/C=C/[C@H]2CC=CC(=O)O2)O1. The molecule has 0 aliphatic carbocycles. The minimum absolute atomic E-state index is 0.0871. The molecule has 2 heterocycles. The molecule has 4 rings (SSSR count). The lowest BCUT2D eigenvalue weighted by Gasteiger charge is -2.42. The van der Waals surface area contributed by atoms with Gasteiger partial charge >= 0.3 is 5.97 Å². The van der Waals surface area contributed by atoms with Crippen LogP contribution in [0.3, 0.4) is 0 Å². The van der Waals surface area contributed by atoms with Gasteiger partial charge in [-0.05, 0) is 48.3 Å². The molecule has 0 radical (unpaired) electrons. The molecular weight excluding hydrogens is 580 g/mol. The van der Waals surface area contributed by atoms with Gasteiger partial charge in [-0.25, -0.2) is 4.79 Å². The fourth-order valence-corrected chi connectivity index (χ4v) is 10.5. The molecule has 0 unspecified atom stereocenters. The van der Waals surface area contributed by atoms with Crippen LogP contribution < -0.4 is 10.4 Å². The Hall–Kier alpha value is -3.51. The van der Waals surface area contributed by atoms with Crippen LogP contribution in [-0.2, 0) is 23.4 Å². The Morgan fingerprint density at radius 3 is 2.29 bits per heavy atom. The van der Waals surface area contributed by atoms with E-state index in [1.54, 1.807) is 12.2 Å². The topological polar surface area (TPSA) is 74.2 Å². The normalized spacial score (nSPS) is 24.2. The summed E-state index contributed by atoms with van der Waals surface area (Å²) in [6.07, 6.45) is 13.5. The first-order chi connectivity index (χ1) is 21.3. The van der Waals surface area contributed by atoms with Crippen LogP contribution in [0.1, 0.15) is 54.4 Å². The van der Waals surface area contributed by atoms with Crippen molar-refractivity contribution in [3.8, 4) is 11.8 Å². The molecule has 0 saturated carbocycles. The van der Waals surface area contributed by atoms with E-state index in [2.05, 4.69) is 81.1 Å². The summed E-state index contributed by atoms with van der Waals surface area (Å²) in [6.45, 7) is 12.8. The maximum absolute atomic E-state index is 11.6. The fourth-order valence-electron chi connectivity index (χ4n) is 6.03. The van der Waals surface area contributed by atoms with Crippen molar-refractivity contribution in [1.82, 2.24) is 0 Å². The number of hydrogen-bond donors (Lipinski definition) is 1. The van der Waals surface area contributed by atoms with E-state index in [1.807, 2.05) is 63.3 Å². The first-order valence-electron chi connectivity index (χ1n) is 15.5. The first kappa shape index (κ1) is 34.4. The molecule has 1 saturated heterocycles. The van der Waals surface area contributed by atoms with Crippen molar-refractivity contribution >= 4 is 24.7 Å². The van der Waals surface area contributed by atoms with Crippen molar-refractivity contribution in [2.75, 3.05) is 6.61 Å². The highest BCUT2D eigenvalue weighted by Crippen LogP contribution is 2.40. The molecule has 0 aromatic heterocycles. The van der Waals surface area contributed by atoms with Gasteiger partial charge in [0.15, 0.2) is 5.79 Å². The van der Waals surface area contributed by atoms with Gasteiger partial charge in [0, 0.05) is 18.9 Å². The lowest BCUT2D eigenvalue weighted by atomic mass is 9.93. The van der Waals surface area contributed by atoms with Gasteiger partial charge in [0.25, 0.3) is 8.32 Å². The van der Waals surface area contributed by atoms with Crippen LogP contribution in [0.4, 0.5) is 0 Å². The summed E-state index contributed by atoms with van der Waals surface area (Å²) < 4.78 is 24.5. The molecule has 6 nitrogen and oxygen atoms in total. The molecule has 4 atom stereocenters. The van der Waals surface area contributed by atoms with Gasteiger partial charge in [0.05, 0.1) is 12.7 Å².